The third-order valence-electron chi connectivity index (χ3n) is 5.59. The van der Waals surface area contributed by atoms with Crippen LogP contribution in [-0.2, 0) is 9.47 Å². The highest BCUT2D eigenvalue weighted by atomic mass is 16.6. The van der Waals surface area contributed by atoms with Crippen molar-refractivity contribution in [3.05, 3.63) is 42.0 Å². The second kappa shape index (κ2) is 5.95. The third-order valence-corrected chi connectivity index (χ3v) is 5.59. The number of carbonyl (C=O) groups excluding carboxylic acids is 1. The lowest BCUT2D eigenvalue weighted by molar-refractivity contribution is -0.243. The number of esters is 1. The van der Waals surface area contributed by atoms with Crippen LogP contribution < -0.4 is 0 Å². The predicted octanol–water partition coefficient (Wildman–Crippen LogP) is 2.94. The molecule has 2 aliphatic rings. The number of carbonyl (C=O) groups is 1. The highest BCUT2D eigenvalue weighted by molar-refractivity contribution is 5.90. The summed E-state index contributed by atoms with van der Waals surface area (Å²) in [7, 11) is 0. The molecule has 1 aliphatic carbocycles. The molecule has 0 aromatic carbocycles. The number of rotatable bonds is 3. The lowest BCUT2D eigenvalue weighted by atomic mass is 9.57. The number of ether oxygens (including phenoxy) is 2. The van der Waals surface area contributed by atoms with E-state index < -0.39 is 0 Å². The van der Waals surface area contributed by atoms with Gasteiger partial charge in [-0.2, -0.15) is 5.10 Å². The minimum Gasteiger partial charge on any atom is -0.458 e. The quantitative estimate of drug-likeness (QED) is 0.803. The Bertz CT molecular complexity index is 784. The molecule has 0 spiro atoms. The average molecular weight is 341 g/mol. The van der Waals surface area contributed by atoms with E-state index in [4.69, 9.17) is 9.47 Å². The Kier molecular flexibility index (Phi) is 3.87. The van der Waals surface area contributed by atoms with Gasteiger partial charge in [-0.15, -0.1) is 0 Å². The van der Waals surface area contributed by atoms with Crippen LogP contribution in [0.3, 0.4) is 0 Å². The Balaban J connectivity index is 1.53. The van der Waals surface area contributed by atoms with Crippen LogP contribution in [0.5, 0.6) is 0 Å². The number of aromatic nitrogens is 3. The van der Waals surface area contributed by atoms with Crippen LogP contribution in [0.4, 0.5) is 0 Å². The summed E-state index contributed by atoms with van der Waals surface area (Å²) in [5, 5.41) is 4.34. The first-order valence-corrected chi connectivity index (χ1v) is 8.78. The molecular weight excluding hydrogens is 318 g/mol. The van der Waals surface area contributed by atoms with Crippen molar-refractivity contribution in [1.82, 2.24) is 14.8 Å². The van der Waals surface area contributed by atoms with Gasteiger partial charge in [0.1, 0.15) is 11.7 Å². The zero-order valence-electron chi connectivity index (χ0n) is 14.8. The zero-order chi connectivity index (χ0) is 17.6. The van der Waals surface area contributed by atoms with E-state index in [9.17, 15) is 4.79 Å². The van der Waals surface area contributed by atoms with Crippen molar-refractivity contribution < 1.29 is 14.3 Å². The predicted molar refractivity (Wildman–Crippen MR) is 91.5 cm³/mol. The molecule has 0 amide bonds. The molecule has 1 aliphatic heterocycles. The number of hydrogen-bond acceptors (Lipinski definition) is 5. The second-order valence-corrected chi connectivity index (χ2v) is 7.51. The van der Waals surface area contributed by atoms with E-state index >= 15 is 0 Å². The van der Waals surface area contributed by atoms with Crippen molar-refractivity contribution in [2.45, 2.75) is 45.8 Å². The number of hydrogen-bond donors (Lipinski definition) is 0. The van der Waals surface area contributed by atoms with Gasteiger partial charge in [0.2, 0.25) is 0 Å². The first kappa shape index (κ1) is 16.3. The van der Waals surface area contributed by atoms with Crippen molar-refractivity contribution in [3.8, 4) is 5.69 Å². The van der Waals surface area contributed by atoms with Crippen LogP contribution in [0.2, 0.25) is 0 Å². The van der Waals surface area contributed by atoms with Crippen molar-refractivity contribution in [2.75, 3.05) is 6.61 Å². The lowest BCUT2D eigenvalue weighted by Crippen LogP contribution is -2.65. The Morgan fingerprint density at radius 1 is 1.36 bits per heavy atom. The van der Waals surface area contributed by atoms with E-state index in [0.717, 1.165) is 30.8 Å². The van der Waals surface area contributed by atoms with Gasteiger partial charge in [0.25, 0.3) is 0 Å². The summed E-state index contributed by atoms with van der Waals surface area (Å²) in [5.74, 6) is 0.00292. The summed E-state index contributed by atoms with van der Waals surface area (Å²) in [6.07, 6.45) is 7.17. The molecule has 0 bridgehead atoms. The molecule has 132 valence electrons. The molecule has 1 saturated carbocycles. The summed E-state index contributed by atoms with van der Waals surface area (Å²) >= 11 is 0. The lowest BCUT2D eigenvalue weighted by Gasteiger charge is -2.58. The van der Waals surface area contributed by atoms with Gasteiger partial charge in [-0.05, 0) is 31.9 Å². The Morgan fingerprint density at radius 3 is 2.88 bits per heavy atom. The molecular formula is C19H23N3O3. The number of fused-ring (bicyclic) bond motifs is 1. The van der Waals surface area contributed by atoms with Gasteiger partial charge in [0.15, 0.2) is 0 Å². The maximum Gasteiger partial charge on any atom is 0.341 e. The molecule has 25 heavy (non-hydrogen) atoms. The molecule has 2 aromatic rings. The van der Waals surface area contributed by atoms with Crippen molar-refractivity contribution >= 4 is 5.97 Å². The van der Waals surface area contributed by atoms with Crippen molar-refractivity contribution in [3.63, 3.8) is 0 Å². The minimum atomic E-state index is -0.306. The van der Waals surface area contributed by atoms with Crippen molar-refractivity contribution in [2.24, 2.45) is 11.3 Å². The summed E-state index contributed by atoms with van der Waals surface area (Å²) in [6.45, 7) is 6.92. The van der Waals surface area contributed by atoms with Crippen LogP contribution in [0.25, 0.3) is 5.69 Å². The van der Waals surface area contributed by atoms with Crippen LogP contribution in [-0.4, -0.2) is 39.5 Å². The molecule has 4 rings (SSSR count). The molecule has 0 radical (unpaired) electrons. The minimum absolute atomic E-state index is 0.103. The first-order valence-electron chi connectivity index (χ1n) is 8.78. The highest BCUT2D eigenvalue weighted by Gasteiger charge is 2.60. The van der Waals surface area contributed by atoms with Gasteiger partial charge >= 0.3 is 5.97 Å². The second-order valence-electron chi connectivity index (χ2n) is 7.51. The summed E-state index contributed by atoms with van der Waals surface area (Å²) in [4.78, 5) is 16.8. The first-order chi connectivity index (χ1) is 12.0. The van der Waals surface area contributed by atoms with E-state index in [1.807, 2.05) is 19.1 Å². The van der Waals surface area contributed by atoms with Crippen molar-refractivity contribution in [1.29, 1.82) is 0 Å². The van der Waals surface area contributed by atoms with Gasteiger partial charge in [-0.25, -0.2) is 9.48 Å². The fourth-order valence-electron chi connectivity index (χ4n) is 4.25. The van der Waals surface area contributed by atoms with Crippen LogP contribution in [0.1, 0.15) is 42.7 Å². The summed E-state index contributed by atoms with van der Waals surface area (Å²) in [6, 6.07) is 3.71. The third kappa shape index (κ3) is 2.56. The molecule has 1 saturated heterocycles. The van der Waals surface area contributed by atoms with E-state index in [1.165, 1.54) is 0 Å². The Labute approximate surface area is 147 Å². The Morgan fingerprint density at radius 2 is 2.12 bits per heavy atom. The topological polar surface area (TPSA) is 66.2 Å². The van der Waals surface area contributed by atoms with Crippen LogP contribution in [0.15, 0.2) is 30.7 Å². The smallest absolute Gasteiger partial charge is 0.341 e. The van der Waals surface area contributed by atoms with Crippen LogP contribution in [0, 0.1) is 18.3 Å². The highest BCUT2D eigenvalue weighted by Crippen LogP contribution is 2.53. The van der Waals surface area contributed by atoms with Gasteiger partial charge in [0.05, 0.1) is 23.7 Å². The van der Waals surface area contributed by atoms with E-state index in [-0.39, 0.29) is 23.6 Å². The SMILES string of the molecule is Cc1c(C(=O)OC2C3CCCOC3C2(C)C)cnn1-c1ccncc1. The van der Waals surface area contributed by atoms with E-state index in [0.29, 0.717) is 11.5 Å². The molecule has 6 heteroatoms. The van der Waals surface area contributed by atoms with E-state index in [1.54, 1.807) is 23.3 Å². The molecule has 2 fully saturated rings. The fourth-order valence-corrected chi connectivity index (χ4v) is 4.25. The van der Waals surface area contributed by atoms with Gasteiger partial charge in [-0.3, -0.25) is 4.98 Å². The normalized spacial score (nSPS) is 27.2. The largest absolute Gasteiger partial charge is 0.458 e. The van der Waals surface area contributed by atoms with Gasteiger partial charge < -0.3 is 9.47 Å². The fraction of sp³-hybridized carbons (Fsp3) is 0.526. The summed E-state index contributed by atoms with van der Waals surface area (Å²) < 4.78 is 13.5. The molecule has 2 aromatic heterocycles. The molecule has 3 unspecified atom stereocenters. The maximum absolute atomic E-state index is 12.7. The number of pyridine rings is 1. The molecule has 6 nitrogen and oxygen atoms in total. The maximum atomic E-state index is 12.7. The molecule has 3 atom stereocenters. The molecule has 3 heterocycles. The zero-order valence-corrected chi connectivity index (χ0v) is 14.8. The van der Waals surface area contributed by atoms with Crippen LogP contribution >= 0.6 is 0 Å². The van der Waals surface area contributed by atoms with E-state index in [2.05, 4.69) is 23.9 Å². The average Bonchev–Trinajstić information content (AvgIpc) is 3.02. The monoisotopic (exact) mass is 341 g/mol. The number of nitrogens with zero attached hydrogens (tertiary/aromatic N) is 3. The van der Waals surface area contributed by atoms with Gasteiger partial charge in [0, 0.05) is 30.3 Å². The molecule has 0 N–H and O–H groups in total. The Hall–Kier alpha value is -2.21. The standard InChI is InChI=1S/C19H23N3O3/c1-12-15(11-21-22(12)13-6-8-20-9-7-13)18(23)25-17-14-5-4-10-24-16(14)19(17,2)3/h6-9,11,14,16-17H,4-5,10H2,1-3H3. The van der Waals surface area contributed by atoms with Gasteiger partial charge in [-0.1, -0.05) is 13.8 Å². The summed E-state index contributed by atoms with van der Waals surface area (Å²) in [5.41, 5.74) is 2.00.